The van der Waals surface area contributed by atoms with Crippen LogP contribution in [0.3, 0.4) is 0 Å². The maximum Gasteiger partial charge on any atom is 0.340 e. The van der Waals surface area contributed by atoms with E-state index >= 15 is 0 Å². The van der Waals surface area contributed by atoms with Crippen molar-refractivity contribution in [1.82, 2.24) is 0 Å². The van der Waals surface area contributed by atoms with Gasteiger partial charge >= 0.3 is 5.97 Å². The van der Waals surface area contributed by atoms with Crippen LogP contribution in [0.4, 0.5) is 0 Å². The summed E-state index contributed by atoms with van der Waals surface area (Å²) in [6.45, 7) is 3.51. The molecule has 0 radical (unpaired) electrons. The number of rotatable bonds is 5. The lowest BCUT2D eigenvalue weighted by atomic mass is 10.1. The summed E-state index contributed by atoms with van der Waals surface area (Å²) in [5, 5.41) is 0. The number of esters is 1. The molecule has 0 saturated heterocycles. The van der Waals surface area contributed by atoms with Crippen molar-refractivity contribution in [2.24, 2.45) is 0 Å². The summed E-state index contributed by atoms with van der Waals surface area (Å²) in [6.07, 6.45) is -0.872. The van der Waals surface area contributed by atoms with E-state index in [0.717, 1.165) is 5.56 Å². The van der Waals surface area contributed by atoms with E-state index in [2.05, 4.69) is 15.9 Å². The van der Waals surface area contributed by atoms with Crippen LogP contribution in [0.1, 0.15) is 33.2 Å². The van der Waals surface area contributed by atoms with Crippen LogP contribution >= 0.6 is 15.9 Å². The number of carbonyl (C=O) groups is 2. The highest BCUT2D eigenvalue weighted by atomic mass is 79.9. The number of carbonyl (C=O) groups excluding carboxylic acids is 2. The predicted molar refractivity (Wildman–Crippen MR) is 91.1 cm³/mol. The highest BCUT2D eigenvalue weighted by molar-refractivity contribution is 9.10. The van der Waals surface area contributed by atoms with Crippen molar-refractivity contribution in [2.45, 2.75) is 20.0 Å². The van der Waals surface area contributed by atoms with Crippen LogP contribution in [0, 0.1) is 6.92 Å². The van der Waals surface area contributed by atoms with E-state index in [9.17, 15) is 9.59 Å². The summed E-state index contributed by atoms with van der Waals surface area (Å²) in [6, 6.07) is 12.1. The summed E-state index contributed by atoms with van der Waals surface area (Å²) < 4.78 is 11.0. The molecule has 120 valence electrons. The molecular weight excluding hydrogens is 360 g/mol. The molecular formula is C18H17BrO4. The van der Waals surface area contributed by atoms with Crippen molar-refractivity contribution in [3.05, 3.63) is 63.6 Å². The molecule has 2 aromatic carbocycles. The Kier molecular flexibility index (Phi) is 5.55. The van der Waals surface area contributed by atoms with Gasteiger partial charge in [-0.3, -0.25) is 4.79 Å². The molecule has 2 rings (SSSR count). The molecule has 0 aromatic heterocycles. The van der Waals surface area contributed by atoms with Gasteiger partial charge < -0.3 is 9.47 Å². The molecule has 1 atom stereocenters. The number of ketones is 1. The van der Waals surface area contributed by atoms with Gasteiger partial charge in [-0.2, -0.15) is 0 Å². The molecule has 0 aliphatic rings. The Bertz CT molecular complexity index is 722. The Morgan fingerprint density at radius 1 is 1.09 bits per heavy atom. The van der Waals surface area contributed by atoms with Crippen molar-refractivity contribution >= 4 is 27.7 Å². The zero-order valence-corrected chi connectivity index (χ0v) is 14.7. The van der Waals surface area contributed by atoms with Crippen LogP contribution in [0.5, 0.6) is 5.75 Å². The third-order valence-corrected chi connectivity index (χ3v) is 4.07. The topological polar surface area (TPSA) is 52.6 Å². The minimum atomic E-state index is -0.872. The van der Waals surface area contributed by atoms with Crippen LogP contribution in [0.15, 0.2) is 46.9 Å². The molecule has 23 heavy (non-hydrogen) atoms. The number of Topliss-reactive ketones (excluding diaryl/α,β-unsaturated/α-hetero) is 1. The van der Waals surface area contributed by atoms with Gasteiger partial charge in [0, 0.05) is 10.0 Å². The van der Waals surface area contributed by atoms with Crippen molar-refractivity contribution in [3.63, 3.8) is 0 Å². The van der Waals surface area contributed by atoms with E-state index in [-0.39, 0.29) is 5.78 Å². The van der Waals surface area contributed by atoms with Crippen LogP contribution in [-0.4, -0.2) is 25.0 Å². The number of ether oxygens (including phenoxy) is 2. The highest BCUT2D eigenvalue weighted by Crippen LogP contribution is 2.24. The van der Waals surface area contributed by atoms with Crippen molar-refractivity contribution < 1.29 is 19.1 Å². The van der Waals surface area contributed by atoms with Gasteiger partial charge in [-0.05, 0) is 48.0 Å². The number of halogens is 1. The van der Waals surface area contributed by atoms with Gasteiger partial charge in [-0.1, -0.05) is 29.8 Å². The first-order valence-electron chi connectivity index (χ1n) is 7.07. The van der Waals surface area contributed by atoms with Gasteiger partial charge in [0.1, 0.15) is 5.75 Å². The summed E-state index contributed by atoms with van der Waals surface area (Å²) in [7, 11) is 1.52. The minimum Gasteiger partial charge on any atom is -0.497 e. The van der Waals surface area contributed by atoms with E-state index < -0.39 is 12.1 Å². The zero-order chi connectivity index (χ0) is 17.0. The lowest BCUT2D eigenvalue weighted by molar-refractivity contribution is 0.0317. The van der Waals surface area contributed by atoms with Crippen LogP contribution in [-0.2, 0) is 4.74 Å². The Hall–Kier alpha value is -2.14. The normalized spacial score (nSPS) is 11.7. The van der Waals surface area contributed by atoms with Crippen molar-refractivity contribution in [3.8, 4) is 5.75 Å². The fourth-order valence-corrected chi connectivity index (χ4v) is 2.43. The van der Waals surface area contributed by atoms with E-state index in [0.29, 0.717) is 21.3 Å². The van der Waals surface area contributed by atoms with Crippen molar-refractivity contribution in [2.75, 3.05) is 7.11 Å². The van der Waals surface area contributed by atoms with E-state index in [1.165, 1.54) is 7.11 Å². The Labute approximate surface area is 143 Å². The van der Waals surface area contributed by atoms with E-state index in [1.54, 1.807) is 37.3 Å². The number of hydrogen-bond acceptors (Lipinski definition) is 4. The quantitative estimate of drug-likeness (QED) is 0.579. The summed E-state index contributed by atoms with van der Waals surface area (Å²) >= 11 is 3.30. The van der Waals surface area contributed by atoms with E-state index in [1.807, 2.05) is 19.1 Å². The van der Waals surface area contributed by atoms with Crippen LogP contribution < -0.4 is 4.74 Å². The predicted octanol–water partition coefficient (Wildman–Crippen LogP) is 4.19. The molecule has 0 unspecified atom stereocenters. The Morgan fingerprint density at radius 3 is 2.35 bits per heavy atom. The molecule has 4 nitrogen and oxygen atoms in total. The number of benzene rings is 2. The first-order valence-corrected chi connectivity index (χ1v) is 7.87. The summed E-state index contributed by atoms with van der Waals surface area (Å²) in [5.74, 6) is -0.279. The second-order valence-electron chi connectivity index (χ2n) is 5.12. The molecule has 2 aromatic rings. The maximum absolute atomic E-state index is 12.3. The number of hydrogen-bond donors (Lipinski definition) is 0. The summed E-state index contributed by atoms with van der Waals surface area (Å²) in [4.78, 5) is 24.6. The van der Waals surface area contributed by atoms with Gasteiger partial charge in [-0.15, -0.1) is 0 Å². The molecule has 0 N–H and O–H groups in total. The maximum atomic E-state index is 12.3. The third kappa shape index (κ3) is 4.20. The first kappa shape index (κ1) is 17.2. The lowest BCUT2D eigenvalue weighted by Crippen LogP contribution is -2.24. The standard InChI is InChI=1S/C18H17BrO4/c1-11-4-6-13(7-5-11)17(20)12(2)23-18(21)15-10-14(22-3)8-9-16(15)19/h4-10,12H,1-3H3/t12-/m0/s1. The van der Waals surface area contributed by atoms with Gasteiger partial charge in [0.2, 0.25) is 5.78 Å². The molecule has 0 heterocycles. The fraction of sp³-hybridized carbons (Fsp3) is 0.222. The second-order valence-corrected chi connectivity index (χ2v) is 5.98. The smallest absolute Gasteiger partial charge is 0.340 e. The van der Waals surface area contributed by atoms with Gasteiger partial charge in [0.15, 0.2) is 6.10 Å². The molecule has 0 spiro atoms. The lowest BCUT2D eigenvalue weighted by Gasteiger charge is -2.14. The van der Waals surface area contributed by atoms with Crippen molar-refractivity contribution in [1.29, 1.82) is 0 Å². The molecule has 0 aliphatic carbocycles. The molecule has 0 fully saturated rings. The molecule has 0 bridgehead atoms. The monoisotopic (exact) mass is 376 g/mol. The zero-order valence-electron chi connectivity index (χ0n) is 13.1. The number of methoxy groups -OCH3 is 1. The fourth-order valence-electron chi connectivity index (χ4n) is 2.02. The van der Waals surface area contributed by atoms with Crippen LogP contribution in [0.2, 0.25) is 0 Å². The molecule has 0 saturated carbocycles. The SMILES string of the molecule is COc1ccc(Br)c(C(=O)O[C@@H](C)C(=O)c2ccc(C)cc2)c1. The second kappa shape index (κ2) is 7.42. The largest absolute Gasteiger partial charge is 0.497 e. The molecule has 0 aliphatic heterocycles. The average molecular weight is 377 g/mol. The van der Waals surface area contributed by atoms with Gasteiger partial charge in [0.25, 0.3) is 0 Å². The highest BCUT2D eigenvalue weighted by Gasteiger charge is 2.22. The van der Waals surface area contributed by atoms with E-state index in [4.69, 9.17) is 9.47 Å². The molecule has 5 heteroatoms. The first-order chi connectivity index (χ1) is 10.9. The Balaban J connectivity index is 2.13. The van der Waals surface area contributed by atoms with Gasteiger partial charge in [-0.25, -0.2) is 4.79 Å². The number of aryl methyl sites for hydroxylation is 1. The third-order valence-electron chi connectivity index (χ3n) is 3.38. The molecule has 0 amide bonds. The average Bonchev–Trinajstić information content (AvgIpc) is 2.55. The Morgan fingerprint density at radius 2 is 1.74 bits per heavy atom. The van der Waals surface area contributed by atoms with Crippen LogP contribution in [0.25, 0.3) is 0 Å². The van der Waals surface area contributed by atoms with Gasteiger partial charge in [0.05, 0.1) is 12.7 Å². The minimum absolute atomic E-state index is 0.239. The summed E-state index contributed by atoms with van der Waals surface area (Å²) in [5.41, 5.74) is 1.89.